The molecule has 1 amide bonds. The van der Waals surface area contributed by atoms with Crippen molar-refractivity contribution in [1.29, 1.82) is 0 Å². The van der Waals surface area contributed by atoms with Crippen LogP contribution in [0.4, 0.5) is 0 Å². The molecule has 0 unspecified atom stereocenters. The third-order valence-corrected chi connectivity index (χ3v) is 2.76. The molecule has 1 aliphatic heterocycles. The van der Waals surface area contributed by atoms with E-state index in [4.69, 9.17) is 5.73 Å². The van der Waals surface area contributed by atoms with Crippen molar-refractivity contribution in [2.24, 2.45) is 5.73 Å². The van der Waals surface area contributed by atoms with Gasteiger partial charge in [0.2, 0.25) is 5.91 Å². The lowest BCUT2D eigenvalue weighted by Gasteiger charge is -2.47. The van der Waals surface area contributed by atoms with Gasteiger partial charge in [-0.05, 0) is 12.8 Å². The van der Waals surface area contributed by atoms with E-state index in [1.54, 1.807) is 0 Å². The molecule has 1 aliphatic rings. The Labute approximate surface area is 92.2 Å². The van der Waals surface area contributed by atoms with Crippen LogP contribution in [0.25, 0.3) is 0 Å². The normalized spacial score (nSPS) is 19.7. The molecule has 0 bridgehead atoms. The van der Waals surface area contributed by atoms with Crippen LogP contribution >= 0.6 is 0 Å². The molecule has 0 aromatic rings. The molecule has 0 aliphatic carbocycles. The number of hydrogen-bond acceptors (Lipinski definition) is 3. The van der Waals surface area contributed by atoms with Crippen LogP contribution in [0.2, 0.25) is 0 Å². The van der Waals surface area contributed by atoms with Crippen LogP contribution in [0.15, 0.2) is 0 Å². The number of amides is 1. The van der Waals surface area contributed by atoms with Crippen LogP contribution in [0.3, 0.4) is 0 Å². The average Bonchev–Trinajstić information content (AvgIpc) is 2.12. The summed E-state index contributed by atoms with van der Waals surface area (Å²) in [6.45, 7) is 7.19. The summed E-state index contributed by atoms with van der Waals surface area (Å²) < 4.78 is 0. The molecule has 0 radical (unpaired) electrons. The second-order valence-electron chi connectivity index (χ2n) is 4.61. The van der Waals surface area contributed by atoms with Gasteiger partial charge in [-0.1, -0.05) is 20.3 Å². The standard InChI is InChI=1S/C11H23N3O/c1-3-5-11(12)8-14(9-11)7-10(15)13-6-4-2/h3-9,12H2,1-2H3,(H,13,15). The largest absolute Gasteiger partial charge is 0.355 e. The maximum absolute atomic E-state index is 11.4. The molecule has 1 saturated heterocycles. The smallest absolute Gasteiger partial charge is 0.234 e. The summed E-state index contributed by atoms with van der Waals surface area (Å²) in [5, 5.41) is 2.87. The molecule has 88 valence electrons. The number of nitrogens with one attached hydrogen (secondary N) is 1. The number of rotatable bonds is 6. The minimum atomic E-state index is -0.0280. The van der Waals surface area contributed by atoms with Gasteiger partial charge in [-0.2, -0.15) is 0 Å². The molecule has 15 heavy (non-hydrogen) atoms. The Hall–Kier alpha value is -0.610. The fraction of sp³-hybridized carbons (Fsp3) is 0.909. The Bertz CT molecular complexity index is 212. The number of carbonyl (C=O) groups is 1. The molecule has 0 aromatic heterocycles. The first-order valence-corrected chi connectivity index (χ1v) is 5.87. The van der Waals surface area contributed by atoms with Crippen molar-refractivity contribution in [3.05, 3.63) is 0 Å². The van der Waals surface area contributed by atoms with Crippen LogP contribution in [0.5, 0.6) is 0 Å². The highest BCUT2D eigenvalue weighted by atomic mass is 16.2. The van der Waals surface area contributed by atoms with Crippen molar-refractivity contribution in [2.75, 3.05) is 26.2 Å². The van der Waals surface area contributed by atoms with Gasteiger partial charge < -0.3 is 11.1 Å². The van der Waals surface area contributed by atoms with Crippen LogP contribution < -0.4 is 11.1 Å². The van der Waals surface area contributed by atoms with Crippen LogP contribution in [-0.2, 0) is 4.79 Å². The van der Waals surface area contributed by atoms with Crippen molar-refractivity contribution >= 4 is 5.91 Å². The molecule has 0 atom stereocenters. The van der Waals surface area contributed by atoms with Gasteiger partial charge in [-0.25, -0.2) is 0 Å². The highest BCUT2D eigenvalue weighted by Crippen LogP contribution is 2.22. The lowest BCUT2D eigenvalue weighted by molar-refractivity contribution is -0.124. The summed E-state index contributed by atoms with van der Waals surface area (Å²) in [5.74, 6) is 0.121. The first-order chi connectivity index (χ1) is 7.09. The fourth-order valence-electron chi connectivity index (χ4n) is 2.14. The van der Waals surface area contributed by atoms with E-state index in [2.05, 4.69) is 24.1 Å². The Morgan fingerprint density at radius 1 is 1.40 bits per heavy atom. The van der Waals surface area contributed by atoms with E-state index < -0.39 is 0 Å². The van der Waals surface area contributed by atoms with E-state index in [1.165, 1.54) is 0 Å². The van der Waals surface area contributed by atoms with Crippen molar-refractivity contribution < 1.29 is 4.79 Å². The van der Waals surface area contributed by atoms with Gasteiger partial charge in [-0.15, -0.1) is 0 Å². The Morgan fingerprint density at radius 2 is 2.07 bits per heavy atom. The van der Waals surface area contributed by atoms with Crippen LogP contribution in [0, 0.1) is 0 Å². The number of carbonyl (C=O) groups excluding carboxylic acids is 1. The van der Waals surface area contributed by atoms with E-state index in [0.717, 1.165) is 38.9 Å². The van der Waals surface area contributed by atoms with Gasteiger partial charge in [-0.3, -0.25) is 9.69 Å². The lowest BCUT2D eigenvalue weighted by atomic mass is 9.86. The fourth-order valence-corrected chi connectivity index (χ4v) is 2.14. The molecule has 4 nitrogen and oxygen atoms in total. The molecular formula is C11H23N3O. The summed E-state index contributed by atoms with van der Waals surface area (Å²) in [7, 11) is 0. The summed E-state index contributed by atoms with van der Waals surface area (Å²) >= 11 is 0. The first-order valence-electron chi connectivity index (χ1n) is 5.87. The summed E-state index contributed by atoms with van der Waals surface area (Å²) in [4.78, 5) is 13.5. The van der Waals surface area contributed by atoms with Gasteiger partial charge in [0.1, 0.15) is 0 Å². The van der Waals surface area contributed by atoms with Crippen LogP contribution in [0.1, 0.15) is 33.1 Å². The lowest BCUT2D eigenvalue weighted by Crippen LogP contribution is -2.68. The summed E-state index contributed by atoms with van der Waals surface area (Å²) in [6.07, 6.45) is 3.16. The van der Waals surface area contributed by atoms with Gasteiger partial charge >= 0.3 is 0 Å². The number of nitrogens with two attached hydrogens (primary N) is 1. The van der Waals surface area contributed by atoms with Crippen molar-refractivity contribution in [2.45, 2.75) is 38.6 Å². The summed E-state index contributed by atoms with van der Waals surface area (Å²) in [6, 6.07) is 0. The topological polar surface area (TPSA) is 58.4 Å². The predicted molar refractivity (Wildman–Crippen MR) is 61.6 cm³/mol. The molecule has 4 heteroatoms. The zero-order valence-electron chi connectivity index (χ0n) is 9.88. The van der Waals surface area contributed by atoms with Crippen LogP contribution in [-0.4, -0.2) is 42.5 Å². The van der Waals surface area contributed by atoms with E-state index in [9.17, 15) is 4.79 Å². The van der Waals surface area contributed by atoms with Gasteiger partial charge in [0.15, 0.2) is 0 Å². The average molecular weight is 213 g/mol. The second kappa shape index (κ2) is 5.47. The number of hydrogen-bond donors (Lipinski definition) is 2. The van der Waals surface area contributed by atoms with Gasteiger partial charge in [0, 0.05) is 25.2 Å². The Balaban J connectivity index is 2.14. The van der Waals surface area contributed by atoms with Crippen molar-refractivity contribution in [1.82, 2.24) is 10.2 Å². The highest BCUT2D eigenvalue weighted by Gasteiger charge is 2.38. The SMILES string of the molecule is CCCNC(=O)CN1CC(N)(CCC)C1. The molecule has 0 spiro atoms. The third kappa shape index (κ3) is 3.80. The zero-order chi connectivity index (χ0) is 11.3. The maximum atomic E-state index is 11.4. The van der Waals surface area contributed by atoms with Gasteiger partial charge in [0.05, 0.1) is 6.54 Å². The summed E-state index contributed by atoms with van der Waals surface area (Å²) in [5.41, 5.74) is 6.08. The van der Waals surface area contributed by atoms with Gasteiger partial charge in [0.25, 0.3) is 0 Å². The van der Waals surface area contributed by atoms with E-state index in [1.807, 2.05) is 0 Å². The minimum absolute atomic E-state index is 0.0280. The number of nitrogens with zero attached hydrogens (tertiary/aromatic N) is 1. The van der Waals surface area contributed by atoms with E-state index in [0.29, 0.717) is 6.54 Å². The third-order valence-electron chi connectivity index (χ3n) is 2.76. The minimum Gasteiger partial charge on any atom is -0.355 e. The molecule has 0 saturated carbocycles. The Kier molecular flexibility index (Phi) is 4.54. The quantitative estimate of drug-likeness (QED) is 0.668. The monoisotopic (exact) mass is 213 g/mol. The molecule has 1 fully saturated rings. The molecule has 1 rings (SSSR count). The van der Waals surface area contributed by atoms with Crippen molar-refractivity contribution in [3.8, 4) is 0 Å². The maximum Gasteiger partial charge on any atom is 0.234 e. The first kappa shape index (κ1) is 12.5. The number of likely N-dealkylation sites (tertiary alicyclic amines) is 1. The molecular weight excluding hydrogens is 190 g/mol. The molecule has 0 aromatic carbocycles. The van der Waals surface area contributed by atoms with E-state index >= 15 is 0 Å². The zero-order valence-corrected chi connectivity index (χ0v) is 9.88. The highest BCUT2D eigenvalue weighted by molar-refractivity contribution is 5.78. The predicted octanol–water partition coefficient (Wildman–Crippen LogP) is 0.326. The van der Waals surface area contributed by atoms with E-state index in [-0.39, 0.29) is 11.4 Å². The second-order valence-corrected chi connectivity index (χ2v) is 4.61. The molecule has 1 heterocycles. The molecule has 3 N–H and O–H groups in total. The van der Waals surface area contributed by atoms with Crippen molar-refractivity contribution in [3.63, 3.8) is 0 Å². The Morgan fingerprint density at radius 3 is 2.60 bits per heavy atom.